The summed E-state index contributed by atoms with van der Waals surface area (Å²) in [4.78, 5) is 26.9. The quantitative estimate of drug-likeness (QED) is 0.527. The Bertz CT molecular complexity index is 617. The Morgan fingerprint density at radius 3 is 2.71 bits per heavy atom. The molecule has 4 unspecified atom stereocenters. The number of ether oxygens (including phenoxy) is 1. The van der Waals surface area contributed by atoms with Gasteiger partial charge >= 0.3 is 0 Å². The zero-order valence-electron chi connectivity index (χ0n) is 16.3. The van der Waals surface area contributed by atoms with E-state index in [0.717, 1.165) is 13.1 Å². The lowest BCUT2D eigenvalue weighted by atomic mass is 9.39. The number of hydrogen-bond donors (Lipinski definition) is 3. The van der Waals surface area contributed by atoms with Crippen LogP contribution in [0.4, 0.5) is 4.39 Å². The molecule has 0 spiro atoms. The van der Waals surface area contributed by atoms with Crippen molar-refractivity contribution in [2.75, 3.05) is 33.3 Å². The maximum absolute atomic E-state index is 13.6. The number of nitrogens with one attached hydrogen (secondary N) is 3. The smallest absolute Gasteiger partial charge is 0.246 e. The number of alkyl halides is 2. The van der Waals surface area contributed by atoms with Crippen LogP contribution in [0.3, 0.4) is 0 Å². The molecule has 7 nitrogen and oxygen atoms in total. The van der Waals surface area contributed by atoms with Crippen LogP contribution in [0, 0.1) is 5.41 Å². The standard InChI is InChI=1S/C19H30ClFN4O3/c1-25-5-4-22-15(25)7-23-17(27)18-9-19(10-18,11-18)24-16(26)8-28-12-2-3-13(20)14(21)6-12/h12-15,22H,2-11H2,1H3,(H,23,27)(H,24,26). The van der Waals surface area contributed by atoms with Gasteiger partial charge in [-0.25, -0.2) is 4.39 Å². The zero-order chi connectivity index (χ0) is 19.9. The number of rotatable bonds is 7. The van der Waals surface area contributed by atoms with Gasteiger partial charge in [0.2, 0.25) is 11.8 Å². The Kier molecular flexibility index (Phi) is 5.59. The van der Waals surface area contributed by atoms with Crippen LogP contribution >= 0.6 is 11.6 Å². The van der Waals surface area contributed by atoms with E-state index in [0.29, 0.717) is 38.6 Å². The predicted octanol–water partition coefficient (Wildman–Crippen LogP) is 0.517. The Balaban J connectivity index is 1.14. The van der Waals surface area contributed by atoms with E-state index in [1.54, 1.807) is 0 Å². The Hall–Kier alpha value is -0.960. The number of hydrogen-bond acceptors (Lipinski definition) is 5. The fraction of sp³-hybridized carbons (Fsp3) is 0.895. The highest BCUT2D eigenvalue weighted by Crippen LogP contribution is 2.67. The van der Waals surface area contributed by atoms with Crippen molar-refractivity contribution in [3.05, 3.63) is 0 Å². The van der Waals surface area contributed by atoms with Gasteiger partial charge in [0.25, 0.3) is 0 Å². The van der Waals surface area contributed by atoms with E-state index in [4.69, 9.17) is 16.3 Å². The lowest BCUT2D eigenvalue weighted by Gasteiger charge is -2.69. The molecule has 0 radical (unpaired) electrons. The minimum absolute atomic E-state index is 0.0645. The minimum atomic E-state index is -1.07. The van der Waals surface area contributed by atoms with Crippen molar-refractivity contribution >= 4 is 23.4 Å². The third kappa shape index (κ3) is 3.88. The number of nitrogens with zero attached hydrogens (tertiary/aromatic N) is 1. The van der Waals surface area contributed by atoms with Crippen LogP contribution in [0.25, 0.3) is 0 Å². The molecule has 0 aromatic heterocycles. The fourth-order valence-electron chi connectivity index (χ4n) is 5.20. The maximum Gasteiger partial charge on any atom is 0.246 e. The Morgan fingerprint density at radius 2 is 2.07 bits per heavy atom. The van der Waals surface area contributed by atoms with Crippen LogP contribution in [0.15, 0.2) is 0 Å². The lowest BCUT2D eigenvalue weighted by Crippen LogP contribution is -2.78. The van der Waals surface area contributed by atoms with Crippen molar-refractivity contribution < 1.29 is 18.7 Å². The monoisotopic (exact) mass is 416 g/mol. The first-order valence-electron chi connectivity index (χ1n) is 10.2. The van der Waals surface area contributed by atoms with Crippen molar-refractivity contribution in [1.29, 1.82) is 0 Å². The first kappa shape index (κ1) is 20.3. The minimum Gasteiger partial charge on any atom is -0.368 e. The van der Waals surface area contributed by atoms with Gasteiger partial charge in [0.15, 0.2) is 0 Å². The molecule has 28 heavy (non-hydrogen) atoms. The second kappa shape index (κ2) is 7.70. The number of carbonyl (C=O) groups excluding carboxylic acids is 2. The van der Waals surface area contributed by atoms with Gasteiger partial charge in [-0.2, -0.15) is 0 Å². The summed E-state index contributed by atoms with van der Waals surface area (Å²) >= 11 is 5.87. The molecule has 1 saturated heterocycles. The van der Waals surface area contributed by atoms with Gasteiger partial charge in [-0.15, -0.1) is 11.6 Å². The highest BCUT2D eigenvalue weighted by Gasteiger charge is 2.72. The molecule has 4 atom stereocenters. The molecule has 0 aromatic carbocycles. The summed E-state index contributed by atoms with van der Waals surface area (Å²) in [6.45, 7) is 2.47. The summed E-state index contributed by atoms with van der Waals surface area (Å²) in [6.07, 6.45) is 2.45. The molecule has 5 aliphatic rings. The average Bonchev–Trinajstić information content (AvgIpc) is 3.00. The van der Waals surface area contributed by atoms with Gasteiger partial charge < -0.3 is 15.4 Å². The molecule has 9 heteroatoms. The molecular formula is C19H30ClFN4O3. The molecule has 1 heterocycles. The summed E-state index contributed by atoms with van der Waals surface area (Å²) in [5, 5.41) is 8.98. The first-order valence-corrected chi connectivity index (χ1v) is 10.7. The van der Waals surface area contributed by atoms with Crippen molar-refractivity contribution in [3.63, 3.8) is 0 Å². The van der Waals surface area contributed by atoms with E-state index in [1.807, 2.05) is 7.05 Å². The molecule has 3 N–H and O–H groups in total. The van der Waals surface area contributed by atoms with Crippen molar-refractivity contribution in [3.8, 4) is 0 Å². The van der Waals surface area contributed by atoms with Gasteiger partial charge in [0, 0.05) is 31.6 Å². The van der Waals surface area contributed by atoms with E-state index in [1.165, 1.54) is 0 Å². The second-order valence-corrected chi connectivity index (χ2v) is 9.64. The second-order valence-electron chi connectivity index (χ2n) is 9.08. The molecule has 5 fully saturated rings. The summed E-state index contributed by atoms with van der Waals surface area (Å²) in [5.74, 6) is -0.0947. The molecule has 158 valence electrons. The number of likely N-dealkylation sites (N-methyl/N-ethyl adjacent to an activating group) is 1. The predicted molar refractivity (Wildman–Crippen MR) is 103 cm³/mol. The van der Waals surface area contributed by atoms with Gasteiger partial charge in [-0.3, -0.25) is 19.8 Å². The average molecular weight is 417 g/mol. The van der Waals surface area contributed by atoms with Crippen LogP contribution in [0.2, 0.25) is 0 Å². The normalized spacial score (nSPS) is 42.4. The molecule has 4 aliphatic carbocycles. The maximum atomic E-state index is 13.6. The lowest BCUT2D eigenvalue weighted by molar-refractivity contribution is -0.185. The van der Waals surface area contributed by atoms with Crippen LogP contribution in [0.5, 0.6) is 0 Å². The Morgan fingerprint density at radius 1 is 1.32 bits per heavy atom. The van der Waals surface area contributed by atoms with Crippen molar-refractivity contribution in [2.45, 2.75) is 67.9 Å². The molecule has 2 amide bonds. The zero-order valence-corrected chi connectivity index (χ0v) is 17.1. The molecule has 0 aromatic rings. The number of carbonyl (C=O) groups is 2. The number of halogens is 2. The van der Waals surface area contributed by atoms with Crippen LogP contribution in [-0.2, 0) is 14.3 Å². The summed E-state index contributed by atoms with van der Waals surface area (Å²) in [5.41, 5.74) is -0.567. The van der Waals surface area contributed by atoms with Crippen molar-refractivity contribution in [1.82, 2.24) is 20.9 Å². The molecule has 4 saturated carbocycles. The van der Waals surface area contributed by atoms with Gasteiger partial charge in [0.1, 0.15) is 12.8 Å². The first-order chi connectivity index (χ1) is 13.3. The largest absolute Gasteiger partial charge is 0.368 e. The number of amides is 2. The van der Waals surface area contributed by atoms with E-state index < -0.39 is 11.5 Å². The van der Waals surface area contributed by atoms with E-state index in [9.17, 15) is 14.0 Å². The SMILES string of the molecule is CN1CCNC1CNC(=O)C12CC(NC(=O)COC3CCC(Cl)C(F)C3)(C1)C2. The van der Waals surface area contributed by atoms with Gasteiger partial charge in [-0.1, -0.05) is 0 Å². The molecule has 5 rings (SSSR count). The van der Waals surface area contributed by atoms with Crippen LogP contribution < -0.4 is 16.0 Å². The van der Waals surface area contributed by atoms with Gasteiger partial charge in [-0.05, 0) is 39.2 Å². The van der Waals surface area contributed by atoms with E-state index >= 15 is 0 Å². The van der Waals surface area contributed by atoms with E-state index in [2.05, 4.69) is 20.9 Å². The molecule has 1 aliphatic heterocycles. The summed E-state index contributed by atoms with van der Waals surface area (Å²) in [7, 11) is 2.04. The highest BCUT2D eigenvalue weighted by atomic mass is 35.5. The molecule has 2 bridgehead atoms. The van der Waals surface area contributed by atoms with Gasteiger partial charge in [0.05, 0.1) is 23.1 Å². The van der Waals surface area contributed by atoms with Crippen molar-refractivity contribution in [2.24, 2.45) is 5.41 Å². The van der Waals surface area contributed by atoms with Crippen LogP contribution in [-0.4, -0.2) is 79.4 Å². The fourth-order valence-corrected chi connectivity index (χ4v) is 5.43. The topological polar surface area (TPSA) is 82.7 Å². The third-order valence-corrected chi connectivity index (χ3v) is 7.34. The summed E-state index contributed by atoms with van der Waals surface area (Å²) in [6, 6.07) is 0. The highest BCUT2D eigenvalue weighted by molar-refractivity contribution is 6.21. The third-order valence-electron chi connectivity index (χ3n) is 6.84. The van der Waals surface area contributed by atoms with E-state index in [-0.39, 0.29) is 48.1 Å². The molecular weight excluding hydrogens is 387 g/mol. The summed E-state index contributed by atoms with van der Waals surface area (Å²) < 4.78 is 19.2. The Labute approximate surface area is 170 Å². The van der Waals surface area contributed by atoms with Crippen LogP contribution in [0.1, 0.15) is 38.5 Å².